The SMILES string of the molecule is [Ir+3].[c-]1cccnc1-c1ccccc1.[c-]1cccnc1-c1ccccc1.[c-]1cccnc1-c1ccccc1. The molecule has 0 atom stereocenters. The van der Waals surface area contributed by atoms with Crippen LogP contribution in [0, 0.1) is 18.2 Å². The van der Waals surface area contributed by atoms with Gasteiger partial charge >= 0.3 is 20.1 Å². The maximum Gasteiger partial charge on any atom is 3.00 e. The summed E-state index contributed by atoms with van der Waals surface area (Å²) in [6.45, 7) is 0. The molecule has 0 unspecified atom stereocenters. The Kier molecular flexibility index (Phi) is 11.6. The fraction of sp³-hybridized carbons (Fsp3) is 0. The summed E-state index contributed by atoms with van der Waals surface area (Å²) in [6.07, 6.45) is 5.33. The summed E-state index contributed by atoms with van der Waals surface area (Å²) < 4.78 is 0. The van der Waals surface area contributed by atoms with E-state index in [0.717, 1.165) is 33.8 Å². The third kappa shape index (κ3) is 9.05. The van der Waals surface area contributed by atoms with Crippen molar-refractivity contribution in [1.82, 2.24) is 15.0 Å². The molecule has 4 heteroatoms. The first kappa shape index (κ1) is 27.3. The van der Waals surface area contributed by atoms with E-state index in [0.29, 0.717) is 0 Å². The van der Waals surface area contributed by atoms with E-state index in [9.17, 15) is 0 Å². The molecule has 37 heavy (non-hydrogen) atoms. The predicted molar refractivity (Wildman–Crippen MR) is 146 cm³/mol. The van der Waals surface area contributed by atoms with Gasteiger partial charge < -0.3 is 0 Å². The van der Waals surface area contributed by atoms with Crippen molar-refractivity contribution in [3.8, 4) is 33.8 Å². The van der Waals surface area contributed by atoms with E-state index in [1.54, 1.807) is 18.6 Å². The molecule has 0 saturated carbocycles. The van der Waals surface area contributed by atoms with Crippen molar-refractivity contribution < 1.29 is 20.1 Å². The van der Waals surface area contributed by atoms with Gasteiger partial charge in [0.15, 0.2) is 0 Å². The first-order valence-corrected chi connectivity index (χ1v) is 11.5. The normalized spacial score (nSPS) is 9.41. The van der Waals surface area contributed by atoms with Gasteiger partial charge in [0.25, 0.3) is 0 Å². The van der Waals surface area contributed by atoms with Crippen molar-refractivity contribution >= 4 is 0 Å². The Bertz CT molecular complexity index is 1090. The van der Waals surface area contributed by atoms with Crippen molar-refractivity contribution in [3.05, 3.63) is 164 Å². The molecule has 0 radical (unpaired) electrons. The maximum absolute atomic E-state index is 4.19. The van der Waals surface area contributed by atoms with Crippen LogP contribution in [-0.2, 0) is 20.1 Å². The van der Waals surface area contributed by atoms with Crippen LogP contribution in [0.2, 0.25) is 0 Å². The Morgan fingerprint density at radius 3 is 0.838 bits per heavy atom. The molecule has 3 aromatic carbocycles. The smallest absolute Gasteiger partial charge is 0.296 e. The number of benzene rings is 3. The van der Waals surface area contributed by atoms with Gasteiger partial charge in [-0.05, 0) is 35.7 Å². The van der Waals surface area contributed by atoms with Crippen molar-refractivity contribution in [2.24, 2.45) is 0 Å². The van der Waals surface area contributed by atoms with Crippen molar-refractivity contribution in [2.75, 3.05) is 0 Å². The average Bonchev–Trinajstić information content (AvgIpc) is 3.01. The average molecular weight is 655 g/mol. The van der Waals surface area contributed by atoms with Crippen LogP contribution in [0.4, 0.5) is 0 Å². The Labute approximate surface area is 232 Å². The van der Waals surface area contributed by atoms with Crippen LogP contribution in [0.1, 0.15) is 0 Å². The molecule has 3 nitrogen and oxygen atoms in total. The Morgan fingerprint density at radius 2 is 0.622 bits per heavy atom. The summed E-state index contributed by atoms with van der Waals surface area (Å²) in [4.78, 5) is 12.6. The van der Waals surface area contributed by atoms with E-state index >= 15 is 0 Å². The largest absolute Gasteiger partial charge is 3.00 e. The quantitative estimate of drug-likeness (QED) is 0.184. The topological polar surface area (TPSA) is 38.7 Å². The van der Waals surface area contributed by atoms with E-state index in [1.165, 1.54) is 0 Å². The van der Waals surface area contributed by atoms with Gasteiger partial charge in [0.1, 0.15) is 0 Å². The molecule has 6 rings (SSSR count). The standard InChI is InChI=1S/3C11H8N.Ir/c3*1-2-6-10(7-3-1)11-8-4-5-9-12-11;/h3*1-7,9H;/q3*-1;+3. The van der Waals surface area contributed by atoms with E-state index in [-0.39, 0.29) is 20.1 Å². The van der Waals surface area contributed by atoms with Gasteiger partial charge in [-0.2, -0.15) is 36.4 Å². The van der Waals surface area contributed by atoms with Crippen LogP contribution < -0.4 is 0 Å². The predicted octanol–water partition coefficient (Wildman–Crippen LogP) is 7.64. The third-order valence-corrected chi connectivity index (χ3v) is 4.96. The molecule has 3 heterocycles. The van der Waals surface area contributed by atoms with Gasteiger partial charge in [0.2, 0.25) is 0 Å². The second kappa shape index (κ2) is 15.7. The van der Waals surface area contributed by atoms with E-state index in [4.69, 9.17) is 0 Å². The van der Waals surface area contributed by atoms with E-state index in [2.05, 4.69) is 33.2 Å². The third-order valence-electron chi connectivity index (χ3n) is 4.96. The number of hydrogen-bond acceptors (Lipinski definition) is 3. The van der Waals surface area contributed by atoms with Crippen LogP contribution in [0.25, 0.3) is 33.8 Å². The molecule has 0 bridgehead atoms. The van der Waals surface area contributed by atoms with Crippen molar-refractivity contribution in [2.45, 2.75) is 0 Å². The van der Waals surface area contributed by atoms with E-state index in [1.807, 2.05) is 127 Å². The Balaban J connectivity index is 0.000000152. The second-order valence-corrected chi connectivity index (χ2v) is 7.49. The van der Waals surface area contributed by atoms with Gasteiger partial charge in [-0.25, -0.2) is 0 Å². The molecule has 0 fully saturated rings. The minimum atomic E-state index is 0. The fourth-order valence-corrected chi connectivity index (χ4v) is 3.24. The zero-order valence-corrected chi connectivity index (χ0v) is 22.4. The molecule has 6 aromatic rings. The summed E-state index contributed by atoms with van der Waals surface area (Å²) in [5, 5.41) is 0. The zero-order chi connectivity index (χ0) is 24.7. The van der Waals surface area contributed by atoms with Crippen LogP contribution in [0.15, 0.2) is 146 Å². The van der Waals surface area contributed by atoms with Crippen LogP contribution in [0.3, 0.4) is 0 Å². The van der Waals surface area contributed by atoms with Crippen LogP contribution in [-0.4, -0.2) is 15.0 Å². The molecule has 0 saturated heterocycles. The number of hydrogen-bond donors (Lipinski definition) is 0. The molecule has 180 valence electrons. The molecule has 0 spiro atoms. The van der Waals surface area contributed by atoms with Gasteiger partial charge in [-0.15, -0.1) is 54.6 Å². The zero-order valence-electron chi connectivity index (χ0n) is 20.0. The summed E-state index contributed by atoms with van der Waals surface area (Å²) in [5.41, 5.74) is 6.03. The summed E-state index contributed by atoms with van der Waals surface area (Å²) in [5.74, 6) is 0. The van der Waals surface area contributed by atoms with Crippen LogP contribution in [0.5, 0.6) is 0 Å². The molecule has 3 aromatic heterocycles. The Hall–Kier alpha value is -4.24. The summed E-state index contributed by atoms with van der Waals surface area (Å²) in [6, 6.07) is 50.6. The minimum Gasteiger partial charge on any atom is -0.296 e. The Morgan fingerprint density at radius 1 is 0.351 bits per heavy atom. The van der Waals surface area contributed by atoms with Gasteiger partial charge in [0, 0.05) is 0 Å². The molecule has 0 amide bonds. The number of nitrogens with zero attached hydrogens (tertiary/aromatic N) is 3. The van der Waals surface area contributed by atoms with Gasteiger partial charge in [-0.1, -0.05) is 71.3 Å². The monoisotopic (exact) mass is 655 g/mol. The van der Waals surface area contributed by atoms with E-state index < -0.39 is 0 Å². The second-order valence-electron chi connectivity index (χ2n) is 7.49. The fourth-order valence-electron chi connectivity index (χ4n) is 3.24. The summed E-state index contributed by atoms with van der Waals surface area (Å²) in [7, 11) is 0. The number of pyridine rings is 3. The van der Waals surface area contributed by atoms with Crippen LogP contribution >= 0.6 is 0 Å². The van der Waals surface area contributed by atoms with Gasteiger partial charge in [0.05, 0.1) is 0 Å². The molecular weight excluding hydrogens is 631 g/mol. The molecular formula is C33H24IrN3. The number of aromatic nitrogens is 3. The van der Waals surface area contributed by atoms with Crippen molar-refractivity contribution in [3.63, 3.8) is 0 Å². The van der Waals surface area contributed by atoms with Gasteiger partial charge in [-0.3, -0.25) is 15.0 Å². The minimum absolute atomic E-state index is 0. The molecule has 0 aliphatic carbocycles. The first-order valence-electron chi connectivity index (χ1n) is 11.5. The van der Waals surface area contributed by atoms with Crippen molar-refractivity contribution in [1.29, 1.82) is 0 Å². The molecule has 0 aliphatic rings. The molecule has 0 N–H and O–H groups in total. The first-order chi connectivity index (χ1) is 17.9. The molecule has 0 aliphatic heterocycles. The number of rotatable bonds is 3. The summed E-state index contributed by atoms with van der Waals surface area (Å²) >= 11 is 0. The maximum atomic E-state index is 4.19.